The third-order valence-electron chi connectivity index (χ3n) is 3.03. The molecule has 2 rings (SSSR count). The summed E-state index contributed by atoms with van der Waals surface area (Å²) >= 11 is 7.46. The molecule has 1 aliphatic heterocycles. The lowest BCUT2D eigenvalue weighted by atomic mass is 10.0. The Balaban J connectivity index is 2.06. The predicted molar refractivity (Wildman–Crippen MR) is 64.7 cm³/mol. The monoisotopic (exact) mass is 245 g/mol. The maximum absolute atomic E-state index is 9.56. The zero-order valence-corrected chi connectivity index (χ0v) is 10.4. The summed E-state index contributed by atoms with van der Waals surface area (Å²) in [5.41, 5.74) is 1.42. The number of fused-ring (bicyclic) bond motifs is 1. The quantitative estimate of drug-likeness (QED) is 0.826. The van der Waals surface area contributed by atoms with Crippen molar-refractivity contribution in [3.63, 3.8) is 0 Å². The molecule has 0 aromatic carbocycles. The molecular weight excluding hydrogens is 230 g/mol. The zero-order valence-electron chi connectivity index (χ0n) is 8.82. The molecule has 1 aromatic heterocycles. The number of nitrogens with zero attached hydrogens (tertiary/aromatic N) is 1. The van der Waals surface area contributed by atoms with Gasteiger partial charge in [0, 0.05) is 29.9 Å². The van der Waals surface area contributed by atoms with Crippen LogP contribution in [0.1, 0.15) is 23.4 Å². The van der Waals surface area contributed by atoms with Crippen molar-refractivity contribution in [3.05, 3.63) is 21.9 Å². The Hall–Kier alpha value is -0.0900. The van der Waals surface area contributed by atoms with E-state index in [4.69, 9.17) is 11.6 Å². The second-order valence-corrected chi connectivity index (χ2v) is 5.34. The summed E-state index contributed by atoms with van der Waals surface area (Å²) in [7, 11) is 0. The minimum Gasteiger partial charge on any atom is -0.391 e. The van der Waals surface area contributed by atoms with Crippen LogP contribution in [-0.2, 0) is 6.42 Å². The van der Waals surface area contributed by atoms with Gasteiger partial charge >= 0.3 is 0 Å². The normalized spacial score (nSPS) is 23.8. The van der Waals surface area contributed by atoms with E-state index in [1.54, 1.807) is 0 Å². The number of hydrogen-bond donors (Lipinski definition) is 1. The third kappa shape index (κ3) is 2.36. The molecule has 0 saturated carbocycles. The van der Waals surface area contributed by atoms with Crippen LogP contribution in [0.2, 0.25) is 0 Å². The first kappa shape index (κ1) is 11.4. The highest BCUT2D eigenvalue weighted by atomic mass is 35.5. The second-order valence-electron chi connectivity index (χ2n) is 4.03. The molecule has 1 aliphatic rings. The van der Waals surface area contributed by atoms with E-state index in [9.17, 15) is 5.11 Å². The van der Waals surface area contributed by atoms with Crippen molar-refractivity contribution in [1.29, 1.82) is 0 Å². The Kier molecular flexibility index (Phi) is 3.67. The Labute approximate surface area is 99.5 Å². The maximum Gasteiger partial charge on any atom is 0.0802 e. The molecule has 15 heavy (non-hydrogen) atoms. The van der Waals surface area contributed by atoms with Gasteiger partial charge in [0.25, 0.3) is 0 Å². The summed E-state index contributed by atoms with van der Waals surface area (Å²) in [6.45, 7) is 3.91. The van der Waals surface area contributed by atoms with Gasteiger partial charge in [-0.1, -0.05) is 0 Å². The summed E-state index contributed by atoms with van der Waals surface area (Å²) in [5, 5.41) is 11.7. The van der Waals surface area contributed by atoms with Crippen LogP contribution in [0.5, 0.6) is 0 Å². The molecule has 4 heteroatoms. The molecule has 2 atom stereocenters. The molecule has 2 unspecified atom stereocenters. The average Bonchev–Trinajstić information content (AvgIpc) is 2.70. The van der Waals surface area contributed by atoms with Crippen molar-refractivity contribution in [2.24, 2.45) is 0 Å². The molecule has 1 N–H and O–H groups in total. The second kappa shape index (κ2) is 4.83. The number of thiophene rings is 1. The SMILES string of the molecule is CC1c2ccsc2CCN1CC(O)CCl. The van der Waals surface area contributed by atoms with Crippen molar-refractivity contribution in [1.82, 2.24) is 4.90 Å². The number of aliphatic hydroxyl groups is 1. The van der Waals surface area contributed by atoms with Crippen molar-refractivity contribution in [3.8, 4) is 0 Å². The van der Waals surface area contributed by atoms with Crippen LogP contribution in [0, 0.1) is 0 Å². The van der Waals surface area contributed by atoms with E-state index in [1.165, 1.54) is 10.4 Å². The van der Waals surface area contributed by atoms with Crippen LogP contribution in [0.15, 0.2) is 11.4 Å². The third-order valence-corrected chi connectivity index (χ3v) is 4.38. The van der Waals surface area contributed by atoms with Crippen molar-refractivity contribution in [2.45, 2.75) is 25.5 Å². The molecule has 0 fully saturated rings. The van der Waals surface area contributed by atoms with Gasteiger partial charge in [-0.05, 0) is 30.4 Å². The first-order chi connectivity index (χ1) is 7.22. The Bertz CT molecular complexity index is 328. The van der Waals surface area contributed by atoms with E-state index < -0.39 is 6.10 Å². The smallest absolute Gasteiger partial charge is 0.0802 e. The van der Waals surface area contributed by atoms with Gasteiger partial charge in [0.1, 0.15) is 0 Å². The van der Waals surface area contributed by atoms with E-state index in [-0.39, 0.29) is 0 Å². The lowest BCUT2D eigenvalue weighted by Gasteiger charge is -2.34. The number of halogens is 1. The molecule has 0 saturated heterocycles. The standard InChI is InChI=1S/C11H16ClNOS/c1-8-10-3-5-15-11(10)2-4-13(8)7-9(14)6-12/h3,5,8-9,14H,2,4,6-7H2,1H3. The van der Waals surface area contributed by atoms with Gasteiger partial charge in [0.2, 0.25) is 0 Å². The van der Waals surface area contributed by atoms with Crippen LogP contribution in [0.4, 0.5) is 0 Å². The first-order valence-electron chi connectivity index (χ1n) is 5.26. The fourth-order valence-corrected chi connectivity index (χ4v) is 3.19. The van der Waals surface area contributed by atoms with Crippen LogP contribution < -0.4 is 0 Å². The lowest BCUT2D eigenvalue weighted by Crippen LogP contribution is -2.39. The summed E-state index contributed by atoms with van der Waals surface area (Å²) < 4.78 is 0. The van der Waals surface area contributed by atoms with E-state index in [0.29, 0.717) is 18.5 Å². The summed E-state index contributed by atoms with van der Waals surface area (Å²) in [6, 6.07) is 2.61. The van der Waals surface area contributed by atoms with Gasteiger partial charge in [0.15, 0.2) is 0 Å². The van der Waals surface area contributed by atoms with E-state index in [2.05, 4.69) is 23.3 Å². The molecule has 84 valence electrons. The minimum atomic E-state index is -0.408. The fourth-order valence-electron chi connectivity index (χ4n) is 2.13. The average molecular weight is 246 g/mol. The first-order valence-corrected chi connectivity index (χ1v) is 6.68. The highest BCUT2D eigenvalue weighted by Gasteiger charge is 2.25. The van der Waals surface area contributed by atoms with Crippen LogP contribution in [-0.4, -0.2) is 35.1 Å². The topological polar surface area (TPSA) is 23.5 Å². The Morgan fingerprint density at radius 3 is 3.27 bits per heavy atom. The van der Waals surface area contributed by atoms with E-state index in [1.807, 2.05) is 11.3 Å². The molecule has 0 aliphatic carbocycles. The van der Waals surface area contributed by atoms with Gasteiger partial charge in [-0.3, -0.25) is 4.90 Å². The molecule has 2 heterocycles. The van der Waals surface area contributed by atoms with Gasteiger partial charge < -0.3 is 5.11 Å². The fraction of sp³-hybridized carbons (Fsp3) is 0.636. The maximum atomic E-state index is 9.56. The highest BCUT2D eigenvalue weighted by molar-refractivity contribution is 7.10. The largest absolute Gasteiger partial charge is 0.391 e. The molecule has 1 aromatic rings. The molecule has 2 nitrogen and oxygen atoms in total. The van der Waals surface area contributed by atoms with E-state index in [0.717, 1.165) is 13.0 Å². The summed E-state index contributed by atoms with van der Waals surface area (Å²) in [5.74, 6) is 0.319. The van der Waals surface area contributed by atoms with Crippen molar-refractivity contribution < 1.29 is 5.11 Å². The van der Waals surface area contributed by atoms with Crippen LogP contribution in [0.3, 0.4) is 0 Å². The van der Waals surface area contributed by atoms with Gasteiger partial charge in [-0.2, -0.15) is 0 Å². The highest BCUT2D eigenvalue weighted by Crippen LogP contribution is 2.32. The number of hydrogen-bond acceptors (Lipinski definition) is 3. The minimum absolute atomic E-state index is 0.319. The molecule has 0 spiro atoms. The number of rotatable bonds is 3. The number of aliphatic hydroxyl groups excluding tert-OH is 1. The van der Waals surface area contributed by atoms with Crippen LogP contribution in [0.25, 0.3) is 0 Å². The molecule has 0 radical (unpaired) electrons. The molecular formula is C11H16ClNOS. The van der Waals surface area contributed by atoms with Gasteiger partial charge in [0.05, 0.1) is 6.10 Å². The van der Waals surface area contributed by atoms with Crippen molar-refractivity contribution >= 4 is 22.9 Å². The molecule has 0 amide bonds. The predicted octanol–water partition coefficient (Wildman–Crippen LogP) is 2.27. The number of alkyl halides is 1. The summed E-state index contributed by atoms with van der Waals surface area (Å²) in [4.78, 5) is 3.81. The van der Waals surface area contributed by atoms with E-state index >= 15 is 0 Å². The number of β-amino-alcohol motifs (C(OH)–C–C–N with tert-alkyl or cyclic N) is 1. The lowest BCUT2D eigenvalue weighted by molar-refractivity contribution is 0.101. The van der Waals surface area contributed by atoms with Gasteiger partial charge in [-0.15, -0.1) is 22.9 Å². The Morgan fingerprint density at radius 2 is 2.53 bits per heavy atom. The molecule has 0 bridgehead atoms. The van der Waals surface area contributed by atoms with Gasteiger partial charge in [-0.25, -0.2) is 0 Å². The van der Waals surface area contributed by atoms with Crippen molar-refractivity contribution in [2.75, 3.05) is 19.0 Å². The van der Waals surface area contributed by atoms with Crippen LogP contribution >= 0.6 is 22.9 Å². The Morgan fingerprint density at radius 1 is 1.73 bits per heavy atom. The summed E-state index contributed by atoms with van der Waals surface area (Å²) in [6.07, 6.45) is 0.695. The zero-order chi connectivity index (χ0) is 10.8.